The van der Waals surface area contributed by atoms with Crippen LogP contribution in [0.25, 0.3) is 23.0 Å². The van der Waals surface area contributed by atoms with E-state index in [9.17, 15) is 4.79 Å². The second kappa shape index (κ2) is 6.71. The first-order valence-corrected chi connectivity index (χ1v) is 8.10. The van der Waals surface area contributed by atoms with Gasteiger partial charge in [-0.1, -0.05) is 29.8 Å². The van der Waals surface area contributed by atoms with Crippen LogP contribution in [0.1, 0.15) is 23.7 Å². The highest BCUT2D eigenvalue weighted by atomic mass is 16.1. The molecule has 0 aliphatic carbocycles. The van der Waals surface area contributed by atoms with Gasteiger partial charge < -0.3 is 5.32 Å². The molecule has 0 fully saturated rings. The number of hydrogen-bond acceptors (Lipinski definition) is 2. The number of carbonyl (C=O) groups is 1. The molecule has 1 aromatic carbocycles. The van der Waals surface area contributed by atoms with Gasteiger partial charge in [-0.05, 0) is 44.5 Å². The molecule has 0 saturated heterocycles. The summed E-state index contributed by atoms with van der Waals surface area (Å²) < 4.78 is 2.01. The minimum absolute atomic E-state index is 0.102. The molecule has 0 saturated carbocycles. The number of hydrogen-bond donors (Lipinski definition) is 1. The number of fused-ring (bicyclic) bond motifs is 1. The first-order valence-electron chi connectivity index (χ1n) is 8.10. The van der Waals surface area contributed by atoms with Gasteiger partial charge in [0.05, 0.1) is 11.4 Å². The standard InChI is InChI=1S/C20H21N3O/c1-4-21-19(24)10-9-17-20(16-7-5-14(2)6-8-16)22-18-13-15(3)11-12-23(17)18/h5-13H,4H2,1-3H3,(H,21,24)/b10-9+. The molecular weight excluding hydrogens is 298 g/mol. The second-order valence-corrected chi connectivity index (χ2v) is 5.87. The summed E-state index contributed by atoms with van der Waals surface area (Å²) in [4.78, 5) is 16.6. The lowest BCUT2D eigenvalue weighted by Crippen LogP contribution is -2.19. The van der Waals surface area contributed by atoms with Gasteiger partial charge in [0, 0.05) is 24.4 Å². The van der Waals surface area contributed by atoms with E-state index in [1.165, 1.54) is 5.56 Å². The number of rotatable bonds is 4. The number of benzene rings is 1. The molecule has 0 aliphatic heterocycles. The zero-order valence-corrected chi connectivity index (χ0v) is 14.2. The Hall–Kier alpha value is -2.88. The van der Waals surface area contributed by atoms with Crippen LogP contribution in [0.3, 0.4) is 0 Å². The number of imidazole rings is 1. The normalized spacial score (nSPS) is 11.3. The highest BCUT2D eigenvalue weighted by molar-refractivity contribution is 5.92. The van der Waals surface area contributed by atoms with Gasteiger partial charge in [0.2, 0.25) is 5.91 Å². The topological polar surface area (TPSA) is 46.4 Å². The molecule has 3 rings (SSSR count). The van der Waals surface area contributed by atoms with Crippen LogP contribution < -0.4 is 5.32 Å². The number of aromatic nitrogens is 2. The van der Waals surface area contributed by atoms with Crippen LogP contribution in [0.2, 0.25) is 0 Å². The monoisotopic (exact) mass is 319 g/mol. The first kappa shape index (κ1) is 16.0. The number of carbonyl (C=O) groups excluding carboxylic acids is 1. The highest BCUT2D eigenvalue weighted by Crippen LogP contribution is 2.26. The van der Waals surface area contributed by atoms with Crippen molar-refractivity contribution < 1.29 is 4.79 Å². The Balaban J connectivity index is 2.14. The summed E-state index contributed by atoms with van der Waals surface area (Å²) in [5.74, 6) is -0.102. The third kappa shape index (κ3) is 3.23. The molecule has 3 aromatic rings. The van der Waals surface area contributed by atoms with E-state index in [1.807, 2.05) is 42.7 Å². The number of nitrogens with one attached hydrogen (secondary N) is 1. The van der Waals surface area contributed by atoms with Crippen molar-refractivity contribution in [3.63, 3.8) is 0 Å². The lowest BCUT2D eigenvalue weighted by atomic mass is 10.1. The molecule has 122 valence electrons. The summed E-state index contributed by atoms with van der Waals surface area (Å²) in [5.41, 5.74) is 6.06. The molecule has 0 radical (unpaired) electrons. The Morgan fingerprint density at radius 1 is 1.17 bits per heavy atom. The largest absolute Gasteiger partial charge is 0.353 e. The predicted molar refractivity (Wildman–Crippen MR) is 97.8 cm³/mol. The number of nitrogens with zero attached hydrogens (tertiary/aromatic N) is 2. The summed E-state index contributed by atoms with van der Waals surface area (Å²) >= 11 is 0. The van der Waals surface area contributed by atoms with Gasteiger partial charge in [-0.25, -0.2) is 4.98 Å². The molecule has 0 bridgehead atoms. The Bertz CT molecular complexity index is 905. The van der Waals surface area contributed by atoms with E-state index in [4.69, 9.17) is 4.98 Å². The van der Waals surface area contributed by atoms with E-state index in [0.717, 1.165) is 28.2 Å². The van der Waals surface area contributed by atoms with E-state index in [0.29, 0.717) is 6.54 Å². The SMILES string of the molecule is CCNC(=O)/C=C/c1c(-c2ccc(C)cc2)nc2cc(C)ccn12. The maximum atomic E-state index is 11.8. The van der Waals surface area contributed by atoms with Gasteiger partial charge in [-0.2, -0.15) is 0 Å². The van der Waals surface area contributed by atoms with Crippen molar-refractivity contribution in [2.75, 3.05) is 6.54 Å². The van der Waals surface area contributed by atoms with E-state index in [1.54, 1.807) is 6.08 Å². The van der Waals surface area contributed by atoms with Crippen LogP contribution >= 0.6 is 0 Å². The van der Waals surface area contributed by atoms with E-state index in [-0.39, 0.29) is 5.91 Å². The van der Waals surface area contributed by atoms with Crippen LogP contribution in [-0.4, -0.2) is 21.8 Å². The third-order valence-electron chi connectivity index (χ3n) is 3.89. The van der Waals surface area contributed by atoms with Crippen LogP contribution in [0.15, 0.2) is 48.7 Å². The lowest BCUT2D eigenvalue weighted by Gasteiger charge is -2.02. The van der Waals surface area contributed by atoms with Gasteiger partial charge in [0.15, 0.2) is 0 Å². The maximum Gasteiger partial charge on any atom is 0.244 e. The van der Waals surface area contributed by atoms with Crippen molar-refractivity contribution in [3.05, 3.63) is 65.5 Å². The molecule has 24 heavy (non-hydrogen) atoms. The molecule has 2 heterocycles. The van der Waals surface area contributed by atoms with Crippen molar-refractivity contribution in [2.24, 2.45) is 0 Å². The molecule has 2 aromatic heterocycles. The van der Waals surface area contributed by atoms with E-state index < -0.39 is 0 Å². The van der Waals surface area contributed by atoms with E-state index in [2.05, 4.69) is 36.5 Å². The second-order valence-electron chi connectivity index (χ2n) is 5.87. The average Bonchev–Trinajstić information content (AvgIpc) is 2.91. The molecule has 0 unspecified atom stereocenters. The van der Waals surface area contributed by atoms with Crippen LogP contribution in [0.5, 0.6) is 0 Å². The number of likely N-dealkylation sites (N-methyl/N-ethyl adjacent to an activating group) is 1. The number of pyridine rings is 1. The van der Waals surface area contributed by atoms with Crippen molar-refractivity contribution in [1.82, 2.24) is 14.7 Å². The Labute approximate surface area is 141 Å². The molecule has 0 spiro atoms. The van der Waals surface area contributed by atoms with Gasteiger partial charge in [-0.15, -0.1) is 0 Å². The maximum absolute atomic E-state index is 11.8. The van der Waals surface area contributed by atoms with E-state index >= 15 is 0 Å². The fraction of sp³-hybridized carbons (Fsp3) is 0.200. The number of amides is 1. The van der Waals surface area contributed by atoms with Crippen LogP contribution in [0.4, 0.5) is 0 Å². The Morgan fingerprint density at radius 2 is 1.92 bits per heavy atom. The van der Waals surface area contributed by atoms with Crippen LogP contribution in [-0.2, 0) is 4.79 Å². The van der Waals surface area contributed by atoms with Crippen molar-refractivity contribution in [3.8, 4) is 11.3 Å². The quantitative estimate of drug-likeness (QED) is 0.744. The molecular formula is C20H21N3O. The Kier molecular flexibility index (Phi) is 4.47. The van der Waals surface area contributed by atoms with Crippen molar-refractivity contribution in [1.29, 1.82) is 0 Å². The average molecular weight is 319 g/mol. The molecule has 0 aliphatic rings. The van der Waals surface area contributed by atoms with Gasteiger partial charge in [0.25, 0.3) is 0 Å². The van der Waals surface area contributed by atoms with Gasteiger partial charge >= 0.3 is 0 Å². The Morgan fingerprint density at radius 3 is 2.62 bits per heavy atom. The minimum atomic E-state index is -0.102. The lowest BCUT2D eigenvalue weighted by molar-refractivity contribution is -0.116. The molecule has 4 heteroatoms. The fourth-order valence-electron chi connectivity index (χ4n) is 2.64. The van der Waals surface area contributed by atoms with Gasteiger partial charge in [0.1, 0.15) is 5.65 Å². The summed E-state index contributed by atoms with van der Waals surface area (Å²) in [7, 11) is 0. The molecule has 0 atom stereocenters. The summed E-state index contributed by atoms with van der Waals surface area (Å²) in [6, 6.07) is 12.4. The molecule has 4 nitrogen and oxygen atoms in total. The highest BCUT2D eigenvalue weighted by Gasteiger charge is 2.12. The molecule has 1 N–H and O–H groups in total. The number of aryl methyl sites for hydroxylation is 2. The molecule has 1 amide bonds. The van der Waals surface area contributed by atoms with Crippen molar-refractivity contribution >= 4 is 17.6 Å². The summed E-state index contributed by atoms with van der Waals surface area (Å²) in [6.45, 7) is 6.62. The predicted octanol–water partition coefficient (Wildman–Crippen LogP) is 3.77. The smallest absolute Gasteiger partial charge is 0.244 e. The summed E-state index contributed by atoms with van der Waals surface area (Å²) in [6.07, 6.45) is 5.38. The fourth-order valence-corrected chi connectivity index (χ4v) is 2.64. The van der Waals surface area contributed by atoms with Gasteiger partial charge in [-0.3, -0.25) is 9.20 Å². The first-order chi connectivity index (χ1) is 11.6. The minimum Gasteiger partial charge on any atom is -0.353 e. The van der Waals surface area contributed by atoms with Crippen LogP contribution in [0, 0.1) is 13.8 Å². The zero-order chi connectivity index (χ0) is 17.1. The van der Waals surface area contributed by atoms with Crippen molar-refractivity contribution in [2.45, 2.75) is 20.8 Å². The zero-order valence-electron chi connectivity index (χ0n) is 14.2. The third-order valence-corrected chi connectivity index (χ3v) is 3.89. The summed E-state index contributed by atoms with van der Waals surface area (Å²) in [5, 5.41) is 2.78.